The maximum Gasteiger partial charge on any atom is 0.243 e. The van der Waals surface area contributed by atoms with Gasteiger partial charge in [0.05, 0.1) is 23.1 Å². The molecule has 0 aromatic heterocycles. The van der Waals surface area contributed by atoms with E-state index in [2.05, 4.69) is 6.07 Å². The topological polar surface area (TPSA) is 70.4 Å². The van der Waals surface area contributed by atoms with Crippen molar-refractivity contribution in [3.63, 3.8) is 0 Å². The fourth-order valence-electron chi connectivity index (χ4n) is 2.69. The second-order valence-corrected chi connectivity index (χ2v) is 7.35. The lowest BCUT2D eigenvalue weighted by Crippen LogP contribution is -2.41. The van der Waals surface area contributed by atoms with Crippen molar-refractivity contribution in [1.82, 2.24) is 4.31 Å². The summed E-state index contributed by atoms with van der Waals surface area (Å²) in [5.74, 6) is 0.248. The molecule has 1 aromatic rings. The van der Waals surface area contributed by atoms with E-state index in [4.69, 9.17) is 10.00 Å². The van der Waals surface area contributed by atoms with Crippen molar-refractivity contribution in [3.8, 4) is 6.07 Å². The summed E-state index contributed by atoms with van der Waals surface area (Å²) in [6.07, 6.45) is 1.84. The van der Waals surface area contributed by atoms with E-state index in [9.17, 15) is 8.42 Å². The van der Waals surface area contributed by atoms with Crippen molar-refractivity contribution in [2.75, 3.05) is 26.8 Å². The van der Waals surface area contributed by atoms with E-state index in [1.165, 1.54) is 10.4 Å². The van der Waals surface area contributed by atoms with E-state index < -0.39 is 10.0 Å². The quantitative estimate of drug-likeness (QED) is 0.852. The molecule has 0 aliphatic carbocycles. The van der Waals surface area contributed by atoms with Gasteiger partial charge in [-0.15, -0.1) is 0 Å². The van der Waals surface area contributed by atoms with Crippen LogP contribution in [0, 0.1) is 24.2 Å². The number of ether oxygens (including phenoxy) is 1. The fraction of sp³-hybridized carbons (Fsp3) is 0.533. The predicted octanol–water partition coefficient (Wildman–Crippen LogP) is 1.91. The molecule has 1 heterocycles. The van der Waals surface area contributed by atoms with Gasteiger partial charge in [0.25, 0.3) is 0 Å². The van der Waals surface area contributed by atoms with Crippen molar-refractivity contribution in [3.05, 3.63) is 29.3 Å². The van der Waals surface area contributed by atoms with Gasteiger partial charge in [-0.1, -0.05) is 0 Å². The zero-order valence-corrected chi connectivity index (χ0v) is 13.2. The van der Waals surface area contributed by atoms with Crippen LogP contribution in [0.15, 0.2) is 23.1 Å². The first-order valence-corrected chi connectivity index (χ1v) is 8.43. The molecule has 6 heteroatoms. The monoisotopic (exact) mass is 308 g/mol. The summed E-state index contributed by atoms with van der Waals surface area (Å²) in [7, 11) is -1.86. The molecule has 0 radical (unpaired) electrons. The molecule has 1 aliphatic rings. The van der Waals surface area contributed by atoms with Crippen molar-refractivity contribution in [1.29, 1.82) is 5.26 Å². The Morgan fingerprint density at radius 3 is 2.86 bits per heavy atom. The van der Waals surface area contributed by atoms with Gasteiger partial charge >= 0.3 is 0 Å². The average molecular weight is 308 g/mol. The molecular formula is C15H20N2O3S. The summed E-state index contributed by atoms with van der Waals surface area (Å²) in [6, 6.07) is 6.71. The zero-order valence-electron chi connectivity index (χ0n) is 12.4. The van der Waals surface area contributed by atoms with Gasteiger partial charge in [0, 0.05) is 20.2 Å². The molecule has 0 spiro atoms. The van der Waals surface area contributed by atoms with Crippen molar-refractivity contribution in [2.24, 2.45) is 5.92 Å². The molecule has 0 amide bonds. The molecule has 21 heavy (non-hydrogen) atoms. The van der Waals surface area contributed by atoms with Crippen LogP contribution in [-0.2, 0) is 14.8 Å². The van der Waals surface area contributed by atoms with Crippen molar-refractivity contribution < 1.29 is 13.2 Å². The SMILES string of the molecule is COCC1CCCN(S(=O)(=O)c2ccc(C#N)c(C)c2)C1. The van der Waals surface area contributed by atoms with Crippen LogP contribution in [0.2, 0.25) is 0 Å². The average Bonchev–Trinajstić information content (AvgIpc) is 2.48. The van der Waals surface area contributed by atoms with Crippen LogP contribution in [0.1, 0.15) is 24.0 Å². The number of nitrogens with zero attached hydrogens (tertiary/aromatic N) is 2. The van der Waals surface area contributed by atoms with Crippen molar-refractivity contribution >= 4 is 10.0 Å². The number of piperidine rings is 1. The molecule has 0 bridgehead atoms. The Balaban J connectivity index is 2.25. The van der Waals surface area contributed by atoms with Gasteiger partial charge in [0.2, 0.25) is 10.0 Å². The van der Waals surface area contributed by atoms with Crippen LogP contribution in [-0.4, -0.2) is 39.5 Å². The number of hydrogen-bond acceptors (Lipinski definition) is 4. The number of rotatable bonds is 4. The lowest BCUT2D eigenvalue weighted by Gasteiger charge is -2.31. The molecule has 1 unspecified atom stereocenters. The molecule has 1 atom stereocenters. The number of nitriles is 1. The Hall–Kier alpha value is -1.42. The molecule has 1 fully saturated rings. The minimum atomic E-state index is -3.49. The second-order valence-electron chi connectivity index (χ2n) is 5.42. The molecular weight excluding hydrogens is 288 g/mol. The summed E-state index contributed by atoms with van der Waals surface area (Å²) in [5.41, 5.74) is 1.19. The summed E-state index contributed by atoms with van der Waals surface area (Å²) in [5, 5.41) is 8.93. The Labute approximate surface area is 126 Å². The zero-order chi connectivity index (χ0) is 15.5. The van der Waals surface area contributed by atoms with Crippen LogP contribution in [0.4, 0.5) is 0 Å². The van der Waals surface area contributed by atoms with Gasteiger partial charge in [-0.05, 0) is 49.4 Å². The molecule has 0 N–H and O–H groups in total. The third kappa shape index (κ3) is 3.43. The standard InChI is InChI=1S/C15H20N2O3S/c1-12-8-15(6-5-14(12)9-16)21(18,19)17-7-3-4-13(10-17)11-20-2/h5-6,8,13H,3-4,7,10-11H2,1-2H3. The normalized spacial score (nSPS) is 20.1. The summed E-state index contributed by atoms with van der Waals surface area (Å²) in [6.45, 7) is 3.37. The van der Waals surface area contributed by atoms with Gasteiger partial charge in [-0.2, -0.15) is 9.57 Å². The lowest BCUT2D eigenvalue weighted by molar-refractivity contribution is 0.118. The number of hydrogen-bond donors (Lipinski definition) is 0. The lowest BCUT2D eigenvalue weighted by atomic mass is 10.0. The van der Waals surface area contributed by atoms with E-state index in [1.807, 2.05) is 0 Å². The molecule has 2 rings (SSSR count). The third-order valence-electron chi connectivity index (χ3n) is 3.84. The highest BCUT2D eigenvalue weighted by Gasteiger charge is 2.30. The first-order chi connectivity index (χ1) is 9.98. The first kappa shape index (κ1) is 16.0. The maximum atomic E-state index is 12.7. The van der Waals surface area contributed by atoms with Gasteiger partial charge in [-0.3, -0.25) is 0 Å². The number of sulfonamides is 1. The minimum Gasteiger partial charge on any atom is -0.384 e. The van der Waals surface area contributed by atoms with Gasteiger partial charge in [0.1, 0.15) is 0 Å². The van der Waals surface area contributed by atoms with Gasteiger partial charge < -0.3 is 4.74 Å². The third-order valence-corrected chi connectivity index (χ3v) is 5.70. The Kier molecular flexibility index (Phi) is 4.99. The van der Waals surface area contributed by atoms with Gasteiger partial charge in [0.15, 0.2) is 0 Å². The van der Waals surface area contributed by atoms with E-state index in [-0.39, 0.29) is 10.8 Å². The Morgan fingerprint density at radius 2 is 2.24 bits per heavy atom. The highest BCUT2D eigenvalue weighted by molar-refractivity contribution is 7.89. The smallest absolute Gasteiger partial charge is 0.243 e. The summed E-state index contributed by atoms with van der Waals surface area (Å²) >= 11 is 0. The first-order valence-electron chi connectivity index (χ1n) is 6.99. The van der Waals surface area contributed by atoms with E-state index in [0.717, 1.165) is 12.8 Å². The number of benzene rings is 1. The van der Waals surface area contributed by atoms with E-state index in [0.29, 0.717) is 30.8 Å². The molecule has 1 aromatic carbocycles. The van der Waals surface area contributed by atoms with Crippen LogP contribution in [0.25, 0.3) is 0 Å². The van der Waals surface area contributed by atoms with Crippen LogP contribution < -0.4 is 0 Å². The molecule has 5 nitrogen and oxygen atoms in total. The molecule has 114 valence electrons. The molecule has 1 saturated heterocycles. The Bertz CT molecular complexity index is 647. The minimum absolute atomic E-state index is 0.248. The largest absolute Gasteiger partial charge is 0.384 e. The van der Waals surface area contributed by atoms with Crippen LogP contribution in [0.3, 0.4) is 0 Å². The number of aryl methyl sites for hydroxylation is 1. The predicted molar refractivity (Wildman–Crippen MR) is 79.3 cm³/mol. The highest BCUT2D eigenvalue weighted by atomic mass is 32.2. The van der Waals surface area contributed by atoms with Crippen molar-refractivity contribution in [2.45, 2.75) is 24.7 Å². The molecule has 0 saturated carbocycles. The highest BCUT2D eigenvalue weighted by Crippen LogP contribution is 2.25. The fourth-order valence-corrected chi connectivity index (χ4v) is 4.33. The molecule has 1 aliphatic heterocycles. The summed E-state index contributed by atoms with van der Waals surface area (Å²) in [4.78, 5) is 0.261. The van der Waals surface area contributed by atoms with E-state index in [1.54, 1.807) is 26.2 Å². The van der Waals surface area contributed by atoms with Gasteiger partial charge in [-0.25, -0.2) is 8.42 Å². The Morgan fingerprint density at radius 1 is 1.48 bits per heavy atom. The van der Waals surface area contributed by atoms with E-state index >= 15 is 0 Å². The van der Waals surface area contributed by atoms with Crippen LogP contribution in [0.5, 0.6) is 0 Å². The second kappa shape index (κ2) is 6.56. The maximum absolute atomic E-state index is 12.7. The van der Waals surface area contributed by atoms with Crippen LogP contribution >= 0.6 is 0 Å². The summed E-state index contributed by atoms with van der Waals surface area (Å²) < 4.78 is 32.1. The number of methoxy groups -OCH3 is 1.